The van der Waals surface area contributed by atoms with Crippen molar-refractivity contribution in [2.24, 2.45) is 0 Å². The van der Waals surface area contributed by atoms with Gasteiger partial charge in [0, 0.05) is 21.9 Å². The van der Waals surface area contributed by atoms with E-state index in [2.05, 4.69) is 15.0 Å². The molecular weight excluding hydrogens is 294 g/mol. The van der Waals surface area contributed by atoms with Crippen LogP contribution in [0.3, 0.4) is 0 Å². The van der Waals surface area contributed by atoms with E-state index < -0.39 is 0 Å². The molecule has 0 aliphatic rings. The number of carbonyl (C=O) groups is 1. The molecule has 0 saturated heterocycles. The van der Waals surface area contributed by atoms with E-state index in [4.69, 9.17) is 0 Å². The minimum Gasteiger partial charge on any atom is -0.356 e. The van der Waals surface area contributed by atoms with Gasteiger partial charge >= 0.3 is 0 Å². The lowest BCUT2D eigenvalue weighted by molar-refractivity contribution is 0.102. The Balaban J connectivity index is 1.65. The van der Waals surface area contributed by atoms with Gasteiger partial charge in [0.25, 0.3) is 5.91 Å². The number of hydrogen-bond donors (Lipinski definition) is 2. The maximum Gasteiger partial charge on any atom is 0.275 e. The van der Waals surface area contributed by atoms with Crippen LogP contribution in [0.5, 0.6) is 0 Å². The highest BCUT2D eigenvalue weighted by atomic mass is 32.1. The van der Waals surface area contributed by atoms with E-state index in [9.17, 15) is 4.79 Å². The minimum absolute atomic E-state index is 0.187. The molecule has 0 bridgehead atoms. The first kappa shape index (κ1) is 14.3. The lowest BCUT2D eigenvalue weighted by Gasteiger charge is -2.08. The summed E-state index contributed by atoms with van der Waals surface area (Å²) in [5.74, 6) is -0.187. The second kappa shape index (κ2) is 6.41. The fraction of sp³-hybridized carbons (Fsp3) is 0.0588. The van der Waals surface area contributed by atoms with Crippen LogP contribution in [0.2, 0.25) is 0 Å². The summed E-state index contributed by atoms with van der Waals surface area (Å²) in [6.07, 6.45) is 0. The van der Waals surface area contributed by atoms with Gasteiger partial charge in [-0.2, -0.15) is 4.37 Å². The standard InChI is InChI=1S/C17H15N3OS/c1-12-11-16(20-22-12)17(21)19-15-9-7-14(8-10-15)18-13-5-3-2-4-6-13/h2-11,18H,1H3,(H,19,21). The number of amides is 1. The molecule has 3 aromatic rings. The summed E-state index contributed by atoms with van der Waals surface area (Å²) < 4.78 is 4.10. The summed E-state index contributed by atoms with van der Waals surface area (Å²) >= 11 is 1.33. The Hall–Kier alpha value is -2.66. The number of benzene rings is 2. The molecule has 1 amide bonds. The van der Waals surface area contributed by atoms with Crippen molar-refractivity contribution in [1.29, 1.82) is 0 Å². The number of nitrogens with zero attached hydrogens (tertiary/aromatic N) is 1. The van der Waals surface area contributed by atoms with Crippen molar-refractivity contribution in [2.75, 3.05) is 10.6 Å². The first-order valence-corrected chi connectivity index (χ1v) is 7.65. The number of aryl methyl sites for hydroxylation is 1. The molecule has 0 saturated carbocycles. The van der Waals surface area contributed by atoms with Crippen LogP contribution in [0, 0.1) is 6.92 Å². The molecule has 2 aromatic carbocycles. The first-order chi connectivity index (χ1) is 10.7. The summed E-state index contributed by atoms with van der Waals surface area (Å²) in [5.41, 5.74) is 3.19. The van der Waals surface area contributed by atoms with E-state index >= 15 is 0 Å². The van der Waals surface area contributed by atoms with Crippen molar-refractivity contribution in [3.05, 3.63) is 71.2 Å². The normalized spacial score (nSPS) is 10.2. The Labute approximate surface area is 133 Å². The van der Waals surface area contributed by atoms with Gasteiger partial charge in [-0.05, 0) is 60.9 Å². The van der Waals surface area contributed by atoms with Crippen LogP contribution < -0.4 is 10.6 Å². The maximum atomic E-state index is 12.0. The zero-order chi connectivity index (χ0) is 15.4. The molecule has 0 atom stereocenters. The van der Waals surface area contributed by atoms with E-state index in [0.717, 1.165) is 21.9 Å². The molecule has 1 heterocycles. The van der Waals surface area contributed by atoms with E-state index in [1.165, 1.54) is 11.5 Å². The topological polar surface area (TPSA) is 54.0 Å². The second-order valence-corrected chi connectivity index (χ2v) is 5.85. The highest BCUT2D eigenvalue weighted by Crippen LogP contribution is 2.19. The Kier molecular flexibility index (Phi) is 4.16. The number of carbonyl (C=O) groups excluding carboxylic acids is 1. The molecule has 1 aromatic heterocycles. The van der Waals surface area contributed by atoms with Gasteiger partial charge in [0.15, 0.2) is 0 Å². The average molecular weight is 309 g/mol. The average Bonchev–Trinajstić information content (AvgIpc) is 2.97. The van der Waals surface area contributed by atoms with Crippen LogP contribution in [0.25, 0.3) is 0 Å². The van der Waals surface area contributed by atoms with Crippen LogP contribution in [0.4, 0.5) is 17.1 Å². The van der Waals surface area contributed by atoms with Gasteiger partial charge in [-0.1, -0.05) is 18.2 Å². The van der Waals surface area contributed by atoms with Crippen molar-refractivity contribution >= 4 is 34.5 Å². The summed E-state index contributed by atoms with van der Waals surface area (Å²) in [4.78, 5) is 13.0. The van der Waals surface area contributed by atoms with E-state index in [1.807, 2.05) is 61.5 Å². The molecule has 2 N–H and O–H groups in total. The highest BCUT2D eigenvalue weighted by Gasteiger charge is 2.09. The summed E-state index contributed by atoms with van der Waals surface area (Å²) in [5, 5.41) is 6.14. The molecule has 0 spiro atoms. The zero-order valence-corrected chi connectivity index (χ0v) is 12.9. The molecule has 0 radical (unpaired) electrons. The highest BCUT2D eigenvalue weighted by molar-refractivity contribution is 7.05. The molecular formula is C17H15N3OS. The molecule has 3 rings (SSSR count). The van der Waals surface area contributed by atoms with Crippen molar-refractivity contribution < 1.29 is 4.79 Å². The van der Waals surface area contributed by atoms with E-state index in [1.54, 1.807) is 6.07 Å². The number of aromatic nitrogens is 1. The third-order valence-corrected chi connectivity index (χ3v) is 3.76. The van der Waals surface area contributed by atoms with Gasteiger partial charge in [0.05, 0.1) is 0 Å². The summed E-state index contributed by atoms with van der Waals surface area (Å²) in [6.45, 7) is 1.93. The van der Waals surface area contributed by atoms with Gasteiger partial charge < -0.3 is 10.6 Å². The largest absolute Gasteiger partial charge is 0.356 e. The zero-order valence-electron chi connectivity index (χ0n) is 12.0. The molecule has 110 valence electrons. The monoisotopic (exact) mass is 309 g/mol. The third kappa shape index (κ3) is 3.51. The van der Waals surface area contributed by atoms with Crippen LogP contribution in [0.15, 0.2) is 60.7 Å². The Morgan fingerprint density at radius 2 is 1.59 bits per heavy atom. The van der Waals surface area contributed by atoms with Gasteiger partial charge in [-0.25, -0.2) is 0 Å². The summed E-state index contributed by atoms with van der Waals surface area (Å²) in [6, 6.07) is 19.3. The SMILES string of the molecule is Cc1cc(C(=O)Nc2ccc(Nc3ccccc3)cc2)ns1. The fourth-order valence-electron chi connectivity index (χ4n) is 1.99. The van der Waals surface area contributed by atoms with Crippen LogP contribution >= 0.6 is 11.5 Å². The van der Waals surface area contributed by atoms with Crippen molar-refractivity contribution in [2.45, 2.75) is 6.92 Å². The minimum atomic E-state index is -0.187. The number of hydrogen-bond acceptors (Lipinski definition) is 4. The van der Waals surface area contributed by atoms with Gasteiger partial charge in [0.1, 0.15) is 5.69 Å². The van der Waals surface area contributed by atoms with Crippen molar-refractivity contribution in [3.63, 3.8) is 0 Å². The van der Waals surface area contributed by atoms with Crippen LogP contribution in [0.1, 0.15) is 15.4 Å². The molecule has 0 unspecified atom stereocenters. The van der Waals surface area contributed by atoms with Gasteiger partial charge in [-0.3, -0.25) is 4.79 Å². The number of anilines is 3. The van der Waals surface area contributed by atoms with Crippen LogP contribution in [-0.2, 0) is 0 Å². The van der Waals surface area contributed by atoms with Crippen molar-refractivity contribution in [1.82, 2.24) is 4.37 Å². The molecule has 4 nitrogen and oxygen atoms in total. The van der Waals surface area contributed by atoms with E-state index in [-0.39, 0.29) is 5.91 Å². The molecule has 0 aliphatic carbocycles. The lowest BCUT2D eigenvalue weighted by Crippen LogP contribution is -2.11. The predicted molar refractivity (Wildman–Crippen MR) is 91.0 cm³/mol. The number of rotatable bonds is 4. The predicted octanol–water partition coefficient (Wildman–Crippen LogP) is 4.45. The van der Waals surface area contributed by atoms with Crippen LogP contribution in [-0.4, -0.2) is 10.3 Å². The lowest BCUT2D eigenvalue weighted by atomic mass is 10.2. The quantitative estimate of drug-likeness (QED) is 0.748. The number of nitrogens with one attached hydrogen (secondary N) is 2. The van der Waals surface area contributed by atoms with Gasteiger partial charge in [-0.15, -0.1) is 0 Å². The number of para-hydroxylation sites is 1. The molecule has 22 heavy (non-hydrogen) atoms. The smallest absolute Gasteiger partial charge is 0.275 e. The van der Waals surface area contributed by atoms with Crippen molar-refractivity contribution in [3.8, 4) is 0 Å². The van der Waals surface area contributed by atoms with E-state index in [0.29, 0.717) is 5.69 Å². The molecule has 0 aliphatic heterocycles. The first-order valence-electron chi connectivity index (χ1n) is 6.87. The van der Waals surface area contributed by atoms with Gasteiger partial charge in [0.2, 0.25) is 0 Å². The second-order valence-electron chi connectivity index (χ2n) is 4.85. The fourth-order valence-corrected chi connectivity index (χ4v) is 2.54. The molecule has 0 fully saturated rings. The Morgan fingerprint density at radius 3 is 2.23 bits per heavy atom. The molecule has 5 heteroatoms. The summed E-state index contributed by atoms with van der Waals surface area (Å²) in [7, 11) is 0. The Morgan fingerprint density at radius 1 is 0.955 bits per heavy atom. The third-order valence-electron chi connectivity index (χ3n) is 3.07. The Bertz CT molecular complexity index is 766. The maximum absolute atomic E-state index is 12.0.